The first-order valence-electron chi connectivity index (χ1n) is 12.5. The van der Waals surface area contributed by atoms with Gasteiger partial charge in [-0.2, -0.15) is 5.26 Å². The molecule has 2 amide bonds. The average molecular weight is 512 g/mol. The van der Waals surface area contributed by atoms with Gasteiger partial charge in [0, 0.05) is 12.1 Å². The number of amides is 2. The number of carbonyl (C=O) groups excluding carboxylic acids is 2. The van der Waals surface area contributed by atoms with Crippen LogP contribution in [-0.2, 0) is 14.2 Å². The van der Waals surface area contributed by atoms with Crippen molar-refractivity contribution in [2.75, 3.05) is 19.7 Å². The zero-order valence-corrected chi connectivity index (χ0v) is 21.3. The zero-order chi connectivity index (χ0) is 26.8. The molecule has 2 aliphatic heterocycles. The Morgan fingerprint density at radius 2 is 1.61 bits per heavy atom. The van der Waals surface area contributed by atoms with Gasteiger partial charge in [-0.15, -0.1) is 0 Å². The number of hydrogen-bond acceptors (Lipinski definition) is 6. The Bertz CT molecular complexity index is 1370. The van der Waals surface area contributed by atoms with E-state index in [2.05, 4.69) is 10.6 Å². The van der Waals surface area contributed by atoms with Crippen LogP contribution in [0.15, 0.2) is 78.9 Å². The van der Waals surface area contributed by atoms with Crippen molar-refractivity contribution >= 4 is 11.8 Å². The van der Waals surface area contributed by atoms with E-state index in [9.17, 15) is 14.9 Å². The van der Waals surface area contributed by atoms with Gasteiger partial charge in [0.25, 0.3) is 11.8 Å². The van der Waals surface area contributed by atoms with Crippen LogP contribution in [0.1, 0.15) is 40.1 Å². The fourth-order valence-corrected chi connectivity index (χ4v) is 5.04. The highest BCUT2D eigenvalue weighted by molar-refractivity contribution is 5.96. The van der Waals surface area contributed by atoms with E-state index in [4.69, 9.17) is 14.2 Å². The number of ether oxygens (including phenoxy) is 3. The predicted molar refractivity (Wildman–Crippen MR) is 140 cm³/mol. The molecule has 0 unspecified atom stereocenters. The first-order chi connectivity index (χ1) is 18.3. The van der Waals surface area contributed by atoms with Crippen molar-refractivity contribution in [2.24, 2.45) is 0 Å². The normalized spacial score (nSPS) is 23.3. The Morgan fingerprint density at radius 3 is 2.34 bits per heavy atom. The number of nitrogens with zero attached hydrogens (tertiary/aromatic N) is 1. The molecule has 2 N–H and O–H groups in total. The molecule has 38 heavy (non-hydrogen) atoms. The van der Waals surface area contributed by atoms with Gasteiger partial charge in [-0.1, -0.05) is 54.6 Å². The highest BCUT2D eigenvalue weighted by atomic mass is 16.8. The Hall–Kier alpha value is -4.03. The van der Waals surface area contributed by atoms with Crippen molar-refractivity contribution in [3.8, 4) is 17.2 Å². The molecule has 0 aromatic heterocycles. The van der Waals surface area contributed by atoms with Crippen molar-refractivity contribution in [3.05, 3.63) is 95.6 Å². The first kappa shape index (κ1) is 25.6. The number of rotatable bonds is 7. The van der Waals surface area contributed by atoms with Gasteiger partial charge in [-0.05, 0) is 49.2 Å². The summed E-state index contributed by atoms with van der Waals surface area (Å²) in [5, 5.41) is 15.1. The highest BCUT2D eigenvalue weighted by Crippen LogP contribution is 2.43. The lowest BCUT2D eigenvalue weighted by Crippen LogP contribution is -2.52. The molecule has 3 aromatic carbocycles. The van der Waals surface area contributed by atoms with Crippen molar-refractivity contribution < 1.29 is 23.8 Å². The SMILES string of the molecule is CC1(C)O[C@@H]2[C@@H](CNC(=O)c3ccccc3C#N)OC[C@]2(CNC(=O)c2ccc(-c3ccccc3)cc2)O1. The molecule has 0 saturated carbocycles. The summed E-state index contributed by atoms with van der Waals surface area (Å²) in [7, 11) is 0. The van der Waals surface area contributed by atoms with Crippen LogP contribution >= 0.6 is 0 Å². The van der Waals surface area contributed by atoms with E-state index in [1.165, 1.54) is 0 Å². The number of hydrogen-bond donors (Lipinski definition) is 2. The molecule has 8 heteroatoms. The van der Waals surface area contributed by atoms with E-state index >= 15 is 0 Å². The van der Waals surface area contributed by atoms with Crippen LogP contribution in [0.2, 0.25) is 0 Å². The van der Waals surface area contributed by atoms with Gasteiger partial charge < -0.3 is 24.8 Å². The van der Waals surface area contributed by atoms with Crippen LogP contribution in [0.3, 0.4) is 0 Å². The maximum absolute atomic E-state index is 13.0. The largest absolute Gasteiger partial charge is 0.370 e. The minimum atomic E-state index is -0.900. The minimum Gasteiger partial charge on any atom is -0.370 e. The summed E-state index contributed by atoms with van der Waals surface area (Å²) in [5.41, 5.74) is 2.35. The molecule has 0 spiro atoms. The molecular formula is C30H29N3O5. The fraction of sp³-hybridized carbons (Fsp3) is 0.300. The number of benzene rings is 3. The summed E-state index contributed by atoms with van der Waals surface area (Å²) in [6, 6.07) is 26.1. The van der Waals surface area contributed by atoms with Crippen LogP contribution in [-0.4, -0.2) is 55.1 Å². The van der Waals surface area contributed by atoms with E-state index in [0.717, 1.165) is 11.1 Å². The maximum Gasteiger partial charge on any atom is 0.252 e. The van der Waals surface area contributed by atoms with E-state index < -0.39 is 23.6 Å². The molecule has 0 aliphatic carbocycles. The van der Waals surface area contributed by atoms with Gasteiger partial charge in [0.1, 0.15) is 17.8 Å². The molecular weight excluding hydrogens is 482 g/mol. The van der Waals surface area contributed by atoms with Crippen molar-refractivity contribution in [1.29, 1.82) is 5.26 Å². The summed E-state index contributed by atoms with van der Waals surface area (Å²) >= 11 is 0. The quantitative estimate of drug-likeness (QED) is 0.501. The second-order valence-electron chi connectivity index (χ2n) is 9.95. The maximum atomic E-state index is 13.0. The number of nitriles is 1. The second kappa shape index (κ2) is 10.4. The molecule has 0 radical (unpaired) electrons. The molecule has 2 saturated heterocycles. The van der Waals surface area contributed by atoms with Crippen molar-refractivity contribution in [3.63, 3.8) is 0 Å². The third-order valence-corrected chi connectivity index (χ3v) is 6.82. The first-order valence-corrected chi connectivity index (χ1v) is 12.5. The third kappa shape index (κ3) is 5.18. The number of fused-ring (bicyclic) bond motifs is 1. The summed E-state index contributed by atoms with van der Waals surface area (Å²) in [6.07, 6.45) is -0.998. The molecule has 194 valence electrons. The van der Waals surface area contributed by atoms with Gasteiger partial charge in [-0.3, -0.25) is 9.59 Å². The van der Waals surface area contributed by atoms with E-state index in [1.807, 2.05) is 62.4 Å². The molecule has 2 aliphatic rings. The monoisotopic (exact) mass is 511 g/mol. The topological polar surface area (TPSA) is 110 Å². The van der Waals surface area contributed by atoms with Gasteiger partial charge in [0.05, 0.1) is 30.3 Å². The summed E-state index contributed by atoms with van der Waals surface area (Å²) in [6.45, 7) is 4.18. The fourth-order valence-electron chi connectivity index (χ4n) is 5.04. The predicted octanol–water partition coefficient (Wildman–Crippen LogP) is 3.67. The van der Waals surface area contributed by atoms with Crippen LogP contribution < -0.4 is 10.6 Å². The zero-order valence-electron chi connectivity index (χ0n) is 21.3. The van der Waals surface area contributed by atoms with E-state index in [-0.39, 0.29) is 31.5 Å². The van der Waals surface area contributed by atoms with Gasteiger partial charge in [0.15, 0.2) is 5.79 Å². The minimum absolute atomic E-state index is 0.166. The standard InChI is InChI=1S/C30H29N3O5/c1-29(2)37-26-25(17-32-28(35)24-11-7-6-10-23(24)16-31)36-19-30(26,38-29)18-33-27(34)22-14-12-21(13-15-22)20-8-4-3-5-9-20/h3-15,25-26H,17-19H2,1-2H3,(H,32,35)(H,33,34)/t25-,26-,30+/m1/s1. The third-order valence-electron chi connectivity index (χ3n) is 6.82. The number of nitrogens with one attached hydrogen (secondary N) is 2. The van der Waals surface area contributed by atoms with E-state index in [0.29, 0.717) is 16.7 Å². The number of carbonyl (C=O) groups is 2. The lowest BCUT2D eigenvalue weighted by atomic mass is 9.96. The Labute approximate surface area is 221 Å². The van der Waals surface area contributed by atoms with Crippen LogP contribution in [0.25, 0.3) is 11.1 Å². The second-order valence-corrected chi connectivity index (χ2v) is 9.95. The average Bonchev–Trinajstić information content (AvgIpc) is 3.40. The molecule has 3 atom stereocenters. The summed E-state index contributed by atoms with van der Waals surface area (Å²) < 4.78 is 18.4. The summed E-state index contributed by atoms with van der Waals surface area (Å²) in [4.78, 5) is 25.7. The lowest BCUT2D eigenvalue weighted by molar-refractivity contribution is -0.188. The van der Waals surface area contributed by atoms with Gasteiger partial charge in [-0.25, -0.2) is 0 Å². The van der Waals surface area contributed by atoms with Gasteiger partial charge in [0.2, 0.25) is 0 Å². The van der Waals surface area contributed by atoms with Crippen molar-refractivity contribution in [1.82, 2.24) is 10.6 Å². The van der Waals surface area contributed by atoms with Crippen LogP contribution in [0, 0.1) is 11.3 Å². The lowest BCUT2D eigenvalue weighted by Gasteiger charge is -2.27. The van der Waals surface area contributed by atoms with Crippen LogP contribution in [0.5, 0.6) is 0 Å². The summed E-state index contributed by atoms with van der Waals surface area (Å²) in [5.74, 6) is -1.48. The molecule has 2 fully saturated rings. The van der Waals surface area contributed by atoms with E-state index in [1.54, 1.807) is 36.4 Å². The highest BCUT2D eigenvalue weighted by Gasteiger charge is 2.61. The molecule has 8 nitrogen and oxygen atoms in total. The molecule has 3 aromatic rings. The molecule has 0 bridgehead atoms. The smallest absolute Gasteiger partial charge is 0.252 e. The van der Waals surface area contributed by atoms with Gasteiger partial charge >= 0.3 is 0 Å². The van der Waals surface area contributed by atoms with Crippen LogP contribution in [0.4, 0.5) is 0 Å². The Morgan fingerprint density at radius 1 is 0.921 bits per heavy atom. The molecule has 5 rings (SSSR count). The Balaban J connectivity index is 1.23. The van der Waals surface area contributed by atoms with Crippen molar-refractivity contribution in [2.45, 2.75) is 37.4 Å². The Kier molecular flexibility index (Phi) is 7.00. The molecule has 2 heterocycles.